The number of carbonyl (C=O) groups is 2. The Labute approximate surface area is 231 Å². The van der Waals surface area contributed by atoms with E-state index >= 15 is 0 Å². The van der Waals surface area contributed by atoms with Gasteiger partial charge in [-0.3, -0.25) is 4.79 Å². The van der Waals surface area contributed by atoms with Crippen LogP contribution in [-0.4, -0.2) is 60.1 Å². The lowest BCUT2D eigenvalue weighted by Gasteiger charge is -2.56. The van der Waals surface area contributed by atoms with E-state index in [9.17, 15) is 9.59 Å². The van der Waals surface area contributed by atoms with Crippen molar-refractivity contribution >= 4 is 34.3 Å². The molecule has 8 rings (SSSR count). The third-order valence-corrected chi connectivity index (χ3v) is 10.4. The second kappa shape index (κ2) is 9.65. The predicted molar refractivity (Wildman–Crippen MR) is 154 cm³/mol. The van der Waals surface area contributed by atoms with Crippen LogP contribution in [-0.2, 0) is 4.79 Å². The fraction of sp³-hybridized carbons (Fsp3) is 0.645. The number of hydrogen-bond donors (Lipinski definition) is 3. The Morgan fingerprint density at radius 3 is 2.44 bits per heavy atom. The molecule has 4 aliphatic carbocycles. The summed E-state index contributed by atoms with van der Waals surface area (Å²) in [6.45, 7) is 5.02. The van der Waals surface area contributed by atoms with Crippen LogP contribution in [0.2, 0.25) is 0 Å². The molecule has 4 N–H and O–H groups in total. The van der Waals surface area contributed by atoms with Gasteiger partial charge in [0.25, 0.3) is 0 Å². The monoisotopic (exact) mass is 530 g/mol. The summed E-state index contributed by atoms with van der Waals surface area (Å²) in [6, 6.07) is 8.45. The maximum Gasteiger partial charge on any atom is 0.317 e. The van der Waals surface area contributed by atoms with E-state index in [2.05, 4.69) is 46.7 Å². The molecule has 4 bridgehead atoms. The highest BCUT2D eigenvalue weighted by Crippen LogP contribution is 2.61. The van der Waals surface area contributed by atoms with Gasteiger partial charge in [0.05, 0.1) is 11.2 Å². The van der Waals surface area contributed by atoms with E-state index in [-0.39, 0.29) is 29.4 Å². The van der Waals surface area contributed by atoms with Crippen LogP contribution in [0.25, 0.3) is 10.9 Å². The molecule has 4 saturated carbocycles. The smallest absolute Gasteiger partial charge is 0.317 e. The summed E-state index contributed by atoms with van der Waals surface area (Å²) in [5.41, 5.74) is 9.06. The molecule has 2 saturated heterocycles. The number of fused-ring (bicyclic) bond motifs is 1. The predicted octanol–water partition coefficient (Wildman–Crippen LogP) is 4.41. The van der Waals surface area contributed by atoms with E-state index in [1.807, 2.05) is 4.90 Å². The Bertz CT molecular complexity index is 1260. The molecule has 2 aromatic rings. The number of nitrogens with zero attached hydrogens (tertiary/aromatic N) is 3. The molecule has 1 aromatic heterocycles. The number of likely N-dealkylation sites (tertiary alicyclic amines) is 1. The van der Waals surface area contributed by atoms with Gasteiger partial charge < -0.3 is 26.2 Å². The molecule has 3 heterocycles. The molecule has 0 spiro atoms. The van der Waals surface area contributed by atoms with Gasteiger partial charge in [0.2, 0.25) is 5.91 Å². The highest BCUT2D eigenvalue weighted by molar-refractivity contribution is 6.03. The normalized spacial score (nSPS) is 33.2. The SMILES string of the molecule is Cc1ccc2nc(N3CCC(NC(=O)N4CC[C@H](N)C4)C3)ccc2c1NC(=O)CC12CC3CC(CC(C3)C1)C2. The summed E-state index contributed by atoms with van der Waals surface area (Å²) in [7, 11) is 0. The summed E-state index contributed by atoms with van der Waals surface area (Å²) < 4.78 is 0. The number of amides is 3. The van der Waals surface area contributed by atoms with Crippen LogP contribution in [0.4, 0.5) is 16.3 Å². The molecule has 2 atom stereocenters. The van der Waals surface area contributed by atoms with Crippen LogP contribution in [0.15, 0.2) is 24.3 Å². The summed E-state index contributed by atoms with van der Waals surface area (Å²) in [4.78, 5) is 35.1. The highest BCUT2D eigenvalue weighted by atomic mass is 16.2. The molecule has 6 fully saturated rings. The topological polar surface area (TPSA) is 104 Å². The van der Waals surface area contributed by atoms with Crippen LogP contribution in [0.5, 0.6) is 0 Å². The van der Waals surface area contributed by atoms with E-state index < -0.39 is 0 Å². The first-order valence-electron chi connectivity index (χ1n) is 15.1. The molecule has 8 nitrogen and oxygen atoms in total. The number of anilines is 2. The molecule has 0 radical (unpaired) electrons. The van der Waals surface area contributed by atoms with Crippen molar-refractivity contribution in [2.45, 2.75) is 76.8 Å². The summed E-state index contributed by atoms with van der Waals surface area (Å²) in [6.07, 6.45) is 10.3. The van der Waals surface area contributed by atoms with Crippen LogP contribution in [0.3, 0.4) is 0 Å². The Morgan fingerprint density at radius 1 is 1.00 bits per heavy atom. The van der Waals surface area contributed by atoms with Gasteiger partial charge in [0, 0.05) is 50.1 Å². The zero-order valence-corrected chi connectivity index (χ0v) is 23.1. The first-order valence-corrected chi connectivity index (χ1v) is 15.1. The minimum Gasteiger partial charge on any atom is -0.354 e. The van der Waals surface area contributed by atoms with Gasteiger partial charge in [0.15, 0.2) is 0 Å². The average Bonchev–Trinajstić information content (AvgIpc) is 3.53. The maximum absolute atomic E-state index is 13.4. The zero-order chi connectivity index (χ0) is 26.7. The Hall–Kier alpha value is -2.87. The van der Waals surface area contributed by atoms with Crippen LogP contribution in [0, 0.1) is 30.1 Å². The number of hydrogen-bond acceptors (Lipinski definition) is 5. The fourth-order valence-electron chi connectivity index (χ4n) is 9.00. The van der Waals surface area contributed by atoms with E-state index in [4.69, 9.17) is 10.7 Å². The number of pyridine rings is 1. The third-order valence-electron chi connectivity index (χ3n) is 10.4. The second-order valence-electron chi connectivity index (χ2n) is 13.5. The number of benzene rings is 1. The number of aryl methyl sites for hydroxylation is 1. The Morgan fingerprint density at radius 2 is 1.74 bits per heavy atom. The second-order valence-corrected chi connectivity index (χ2v) is 13.5. The third kappa shape index (κ3) is 4.85. The van der Waals surface area contributed by atoms with Crippen LogP contribution in [0.1, 0.15) is 63.4 Å². The van der Waals surface area contributed by atoms with Gasteiger partial charge in [-0.2, -0.15) is 0 Å². The van der Waals surface area contributed by atoms with Gasteiger partial charge in [-0.25, -0.2) is 9.78 Å². The van der Waals surface area contributed by atoms with Gasteiger partial charge in [-0.05, 0) is 105 Å². The van der Waals surface area contributed by atoms with Crippen molar-refractivity contribution in [2.24, 2.45) is 28.9 Å². The van der Waals surface area contributed by atoms with Crippen LogP contribution >= 0.6 is 0 Å². The van der Waals surface area contributed by atoms with E-state index in [1.165, 1.54) is 38.5 Å². The number of rotatable bonds is 5. The molecule has 3 amide bonds. The minimum absolute atomic E-state index is 0.00864. The van der Waals surface area contributed by atoms with Gasteiger partial charge in [0.1, 0.15) is 5.82 Å². The molecule has 1 unspecified atom stereocenters. The van der Waals surface area contributed by atoms with E-state index in [1.54, 1.807) is 0 Å². The van der Waals surface area contributed by atoms with Crippen molar-refractivity contribution in [3.63, 3.8) is 0 Å². The lowest BCUT2D eigenvalue weighted by Crippen LogP contribution is -2.47. The van der Waals surface area contributed by atoms with Crippen molar-refractivity contribution in [3.05, 3.63) is 29.8 Å². The average molecular weight is 531 g/mol. The lowest BCUT2D eigenvalue weighted by molar-refractivity contribution is -0.124. The minimum atomic E-state index is -0.00864. The zero-order valence-electron chi connectivity index (χ0n) is 23.1. The van der Waals surface area contributed by atoms with E-state index in [0.717, 1.165) is 78.2 Å². The number of nitrogens with one attached hydrogen (secondary N) is 2. The summed E-state index contributed by atoms with van der Waals surface area (Å²) in [5, 5.41) is 7.50. The number of nitrogens with two attached hydrogens (primary N) is 1. The van der Waals surface area contributed by atoms with Gasteiger partial charge in [-0.1, -0.05) is 6.07 Å². The van der Waals surface area contributed by atoms with Gasteiger partial charge in [-0.15, -0.1) is 0 Å². The summed E-state index contributed by atoms with van der Waals surface area (Å²) in [5.74, 6) is 3.62. The largest absolute Gasteiger partial charge is 0.354 e. The number of carbonyl (C=O) groups excluding carboxylic acids is 2. The molecule has 39 heavy (non-hydrogen) atoms. The molecule has 1 aromatic carbocycles. The van der Waals surface area contributed by atoms with Crippen molar-refractivity contribution in [3.8, 4) is 0 Å². The van der Waals surface area contributed by atoms with Crippen molar-refractivity contribution < 1.29 is 9.59 Å². The lowest BCUT2D eigenvalue weighted by atomic mass is 9.49. The Balaban J connectivity index is 1.02. The first kappa shape index (κ1) is 25.1. The molecule has 6 aliphatic rings. The summed E-state index contributed by atoms with van der Waals surface area (Å²) >= 11 is 0. The van der Waals surface area contributed by atoms with Crippen molar-refractivity contribution in [1.82, 2.24) is 15.2 Å². The molecule has 2 aliphatic heterocycles. The Kier molecular flexibility index (Phi) is 6.21. The van der Waals surface area contributed by atoms with E-state index in [0.29, 0.717) is 13.0 Å². The number of urea groups is 1. The van der Waals surface area contributed by atoms with Crippen molar-refractivity contribution in [2.75, 3.05) is 36.4 Å². The molecular weight excluding hydrogens is 488 g/mol. The molecular formula is C31H42N6O2. The molecule has 8 heteroatoms. The fourth-order valence-corrected chi connectivity index (χ4v) is 9.00. The van der Waals surface area contributed by atoms with Gasteiger partial charge >= 0.3 is 6.03 Å². The highest BCUT2D eigenvalue weighted by Gasteiger charge is 2.51. The first-order chi connectivity index (χ1) is 18.8. The quantitative estimate of drug-likeness (QED) is 0.531. The number of aromatic nitrogens is 1. The van der Waals surface area contributed by atoms with Crippen LogP contribution < -0.4 is 21.3 Å². The standard InChI is InChI=1S/C31H42N6O2/c1-19-2-4-26-25(29(19)35-28(38)16-31-13-20-10-21(14-31)12-22(11-20)15-31)3-5-27(34-26)36-9-7-24(18-36)33-30(39)37-8-6-23(32)17-37/h2-5,20-24H,6-18,32H2,1H3,(H,33,39)(H,35,38)/t20?,21?,22?,23-,24?,31?/m0/s1. The molecule has 208 valence electrons. The maximum atomic E-state index is 13.4. The van der Waals surface area contributed by atoms with Crippen molar-refractivity contribution in [1.29, 1.82) is 0 Å².